The second-order valence-electron chi connectivity index (χ2n) is 7.58. The molecule has 2 atom stereocenters. The zero-order valence-corrected chi connectivity index (χ0v) is 17.9. The lowest BCUT2D eigenvalue weighted by molar-refractivity contribution is -0.141. The predicted octanol–water partition coefficient (Wildman–Crippen LogP) is 3.82. The molecular weight excluding hydrogens is 380 g/mol. The molecule has 1 saturated heterocycles. The van der Waals surface area contributed by atoms with Gasteiger partial charge in [0.1, 0.15) is 12.4 Å². The number of methoxy groups -OCH3 is 2. The average molecular weight is 411 g/mol. The highest BCUT2D eigenvalue weighted by molar-refractivity contribution is 5.93. The second-order valence-corrected chi connectivity index (χ2v) is 7.58. The minimum absolute atomic E-state index is 0.0103. The minimum atomic E-state index is -0.265. The fraction of sp³-hybridized carbons (Fsp3) is 0.417. The lowest BCUT2D eigenvalue weighted by Gasteiger charge is -2.39. The van der Waals surface area contributed by atoms with Gasteiger partial charge in [0, 0.05) is 19.3 Å². The van der Waals surface area contributed by atoms with Crippen LogP contribution in [-0.4, -0.2) is 44.1 Å². The molecule has 2 aromatic rings. The summed E-state index contributed by atoms with van der Waals surface area (Å²) in [4.78, 5) is 27.4. The molecule has 2 amide bonds. The van der Waals surface area contributed by atoms with Crippen molar-refractivity contribution in [2.75, 3.05) is 32.7 Å². The summed E-state index contributed by atoms with van der Waals surface area (Å²) >= 11 is 0. The number of rotatable bonds is 7. The second kappa shape index (κ2) is 10.3. The zero-order chi connectivity index (χ0) is 21.5. The number of piperidine rings is 1. The smallest absolute Gasteiger partial charge is 0.249 e. The fourth-order valence-corrected chi connectivity index (χ4v) is 3.91. The Bertz CT molecular complexity index is 849. The first-order valence-corrected chi connectivity index (χ1v) is 10.4. The largest absolute Gasteiger partial charge is 0.497 e. The normalized spacial score (nSPS) is 18.7. The number of aryl methyl sites for hydroxylation is 1. The molecule has 0 aliphatic carbocycles. The number of carbonyl (C=O) groups is 2. The molecule has 160 valence electrons. The Morgan fingerprint density at radius 1 is 1.03 bits per heavy atom. The maximum absolute atomic E-state index is 12.9. The van der Waals surface area contributed by atoms with E-state index in [2.05, 4.69) is 36.5 Å². The third-order valence-electron chi connectivity index (χ3n) is 5.67. The van der Waals surface area contributed by atoms with Crippen molar-refractivity contribution >= 4 is 17.5 Å². The Balaban J connectivity index is 1.72. The molecule has 1 heterocycles. The molecule has 0 aromatic heterocycles. The van der Waals surface area contributed by atoms with Crippen molar-refractivity contribution in [2.24, 2.45) is 5.92 Å². The molecule has 1 aliphatic rings. The number of hydrogen-bond acceptors (Lipinski definition) is 4. The molecule has 30 heavy (non-hydrogen) atoms. The van der Waals surface area contributed by atoms with Gasteiger partial charge < -0.3 is 19.7 Å². The Labute approximate surface area is 178 Å². The minimum Gasteiger partial charge on any atom is -0.497 e. The van der Waals surface area contributed by atoms with E-state index in [1.807, 2.05) is 12.1 Å². The van der Waals surface area contributed by atoms with Gasteiger partial charge in [-0.2, -0.15) is 0 Å². The zero-order valence-electron chi connectivity index (χ0n) is 17.9. The van der Waals surface area contributed by atoms with Crippen LogP contribution in [-0.2, 0) is 20.7 Å². The van der Waals surface area contributed by atoms with Crippen molar-refractivity contribution in [3.63, 3.8) is 0 Å². The third-order valence-corrected chi connectivity index (χ3v) is 5.67. The number of likely N-dealkylation sites (tertiary alicyclic amines) is 1. The van der Waals surface area contributed by atoms with Crippen molar-refractivity contribution in [3.05, 3.63) is 59.7 Å². The molecule has 2 unspecified atom stereocenters. The van der Waals surface area contributed by atoms with Crippen LogP contribution < -0.4 is 10.1 Å². The topological polar surface area (TPSA) is 67.9 Å². The molecule has 6 heteroatoms. The van der Waals surface area contributed by atoms with Gasteiger partial charge in [0.2, 0.25) is 11.8 Å². The van der Waals surface area contributed by atoms with Crippen molar-refractivity contribution in [1.29, 1.82) is 0 Å². The quantitative estimate of drug-likeness (QED) is 0.753. The molecule has 6 nitrogen and oxygen atoms in total. The number of nitrogens with one attached hydrogen (secondary N) is 1. The van der Waals surface area contributed by atoms with Gasteiger partial charge >= 0.3 is 0 Å². The summed E-state index contributed by atoms with van der Waals surface area (Å²) in [5, 5.41) is 2.96. The van der Waals surface area contributed by atoms with Gasteiger partial charge in [-0.25, -0.2) is 0 Å². The maximum atomic E-state index is 12.9. The summed E-state index contributed by atoms with van der Waals surface area (Å²) in [6.45, 7) is 2.51. The lowest BCUT2D eigenvalue weighted by Crippen LogP contribution is -2.46. The first-order valence-electron chi connectivity index (χ1n) is 10.4. The molecule has 0 saturated carbocycles. The van der Waals surface area contributed by atoms with E-state index in [1.165, 1.54) is 12.7 Å². The van der Waals surface area contributed by atoms with E-state index in [-0.39, 0.29) is 30.4 Å². The molecule has 1 aliphatic heterocycles. The Morgan fingerprint density at radius 3 is 2.33 bits per heavy atom. The highest BCUT2D eigenvalue weighted by Gasteiger charge is 2.35. The molecule has 1 fully saturated rings. The van der Waals surface area contributed by atoms with Gasteiger partial charge in [-0.3, -0.25) is 9.59 Å². The monoisotopic (exact) mass is 410 g/mol. The highest BCUT2D eigenvalue weighted by Crippen LogP contribution is 2.34. The van der Waals surface area contributed by atoms with Crippen LogP contribution in [0, 0.1) is 5.92 Å². The van der Waals surface area contributed by atoms with Crippen LogP contribution in [0.5, 0.6) is 5.75 Å². The van der Waals surface area contributed by atoms with Gasteiger partial charge in [-0.1, -0.05) is 31.2 Å². The van der Waals surface area contributed by atoms with Gasteiger partial charge in [-0.05, 0) is 54.7 Å². The molecule has 0 spiro atoms. The SMILES string of the molecule is CCc1ccc(C2CCC(C(=O)Nc3ccc(OC)cc3)CN2C(=O)COC)cc1. The fourth-order valence-electron chi connectivity index (χ4n) is 3.91. The van der Waals surface area contributed by atoms with Gasteiger partial charge in [-0.15, -0.1) is 0 Å². The molecule has 0 bridgehead atoms. The maximum Gasteiger partial charge on any atom is 0.249 e. The molecule has 2 aromatic carbocycles. The highest BCUT2D eigenvalue weighted by atomic mass is 16.5. The van der Waals surface area contributed by atoms with Crippen LogP contribution >= 0.6 is 0 Å². The van der Waals surface area contributed by atoms with Gasteiger partial charge in [0.25, 0.3) is 0 Å². The molecule has 1 N–H and O–H groups in total. The van der Waals surface area contributed by atoms with Crippen LogP contribution in [0.2, 0.25) is 0 Å². The Hall–Kier alpha value is -2.86. The van der Waals surface area contributed by atoms with Crippen molar-refractivity contribution in [1.82, 2.24) is 4.90 Å². The van der Waals surface area contributed by atoms with Gasteiger partial charge in [0.05, 0.1) is 19.1 Å². The molecule has 0 radical (unpaired) electrons. The number of ether oxygens (including phenoxy) is 2. The van der Waals surface area contributed by atoms with Crippen LogP contribution in [0.1, 0.15) is 36.9 Å². The van der Waals surface area contributed by atoms with E-state index < -0.39 is 0 Å². The number of carbonyl (C=O) groups excluding carboxylic acids is 2. The van der Waals surface area contributed by atoms with Crippen LogP contribution in [0.25, 0.3) is 0 Å². The predicted molar refractivity (Wildman–Crippen MR) is 116 cm³/mol. The van der Waals surface area contributed by atoms with E-state index >= 15 is 0 Å². The van der Waals surface area contributed by atoms with E-state index in [9.17, 15) is 9.59 Å². The number of hydrogen-bond donors (Lipinski definition) is 1. The summed E-state index contributed by atoms with van der Waals surface area (Å²) in [6.07, 6.45) is 2.44. The standard InChI is InChI=1S/C24H30N2O4/c1-4-17-5-7-18(8-6-17)22-14-9-19(15-26(22)23(27)16-29-2)24(28)25-20-10-12-21(30-3)13-11-20/h5-8,10-13,19,22H,4,9,14-16H2,1-3H3,(H,25,28). The number of nitrogens with zero attached hydrogens (tertiary/aromatic N) is 1. The van der Waals surface area contributed by atoms with Crippen molar-refractivity contribution < 1.29 is 19.1 Å². The van der Waals surface area contributed by atoms with Crippen LogP contribution in [0.15, 0.2) is 48.5 Å². The first kappa shape index (κ1) is 21.8. The van der Waals surface area contributed by atoms with Crippen LogP contribution in [0.4, 0.5) is 5.69 Å². The van der Waals surface area contributed by atoms with Crippen LogP contribution in [0.3, 0.4) is 0 Å². The third kappa shape index (κ3) is 5.19. The first-order chi connectivity index (χ1) is 14.5. The summed E-state index contributed by atoms with van der Waals surface area (Å²) in [5.74, 6) is 0.303. The number of benzene rings is 2. The summed E-state index contributed by atoms with van der Waals surface area (Å²) < 4.78 is 10.2. The van der Waals surface area contributed by atoms with Crippen molar-refractivity contribution in [3.8, 4) is 5.75 Å². The van der Waals surface area contributed by atoms with E-state index in [0.29, 0.717) is 12.2 Å². The number of anilines is 1. The molecule has 3 rings (SSSR count). The van der Waals surface area contributed by atoms with E-state index in [4.69, 9.17) is 9.47 Å². The Morgan fingerprint density at radius 2 is 1.73 bits per heavy atom. The number of amides is 2. The summed E-state index contributed by atoms with van der Waals surface area (Å²) in [5.41, 5.74) is 3.08. The lowest BCUT2D eigenvalue weighted by atomic mass is 9.88. The molecular formula is C24H30N2O4. The van der Waals surface area contributed by atoms with E-state index in [1.54, 1.807) is 24.1 Å². The Kier molecular flexibility index (Phi) is 7.46. The van der Waals surface area contributed by atoms with Crippen molar-refractivity contribution in [2.45, 2.75) is 32.2 Å². The average Bonchev–Trinajstić information content (AvgIpc) is 2.79. The van der Waals surface area contributed by atoms with Gasteiger partial charge in [0.15, 0.2) is 0 Å². The van der Waals surface area contributed by atoms with E-state index in [0.717, 1.165) is 30.6 Å². The summed E-state index contributed by atoms with van der Waals surface area (Å²) in [7, 11) is 3.12. The summed E-state index contributed by atoms with van der Waals surface area (Å²) in [6, 6.07) is 15.6.